The molecule has 2 rings (SSSR count). The molecular weight excluding hydrogens is 314 g/mol. The summed E-state index contributed by atoms with van der Waals surface area (Å²) >= 11 is 1.52. The van der Waals surface area contributed by atoms with E-state index < -0.39 is 11.2 Å². The second-order valence-electron chi connectivity index (χ2n) is 5.42. The molecule has 1 heterocycles. The molecule has 1 aromatic heterocycles. The number of carbonyl (C=O) groups excluding carboxylic acids is 1. The smallest absolute Gasteiger partial charge is 0.273 e. The summed E-state index contributed by atoms with van der Waals surface area (Å²) in [5, 5.41) is -0.311. The van der Waals surface area contributed by atoms with Gasteiger partial charge >= 0.3 is 5.69 Å². The predicted octanol–water partition coefficient (Wildman–Crippen LogP) is 1.56. The Bertz CT molecular complexity index is 768. The molecule has 0 radical (unpaired) electrons. The molecule has 1 aromatic carbocycles. The van der Waals surface area contributed by atoms with Crippen LogP contribution in [0, 0.1) is 5.92 Å². The molecule has 2 aromatic rings. The van der Waals surface area contributed by atoms with Crippen LogP contribution in [0.3, 0.4) is 0 Å². The third kappa shape index (κ3) is 4.85. The number of carbonyl (C=O) groups is 1. The van der Waals surface area contributed by atoms with E-state index in [9.17, 15) is 14.4 Å². The summed E-state index contributed by atoms with van der Waals surface area (Å²) in [6, 6.07) is 11.1. The molecule has 122 valence electrons. The minimum absolute atomic E-state index is 0.0992. The van der Waals surface area contributed by atoms with Crippen LogP contribution in [0.15, 0.2) is 52.2 Å². The number of thioether (sulfide) groups is 1. The van der Waals surface area contributed by atoms with Gasteiger partial charge in [0.05, 0.1) is 5.25 Å². The van der Waals surface area contributed by atoms with Gasteiger partial charge in [-0.1, -0.05) is 44.2 Å². The van der Waals surface area contributed by atoms with Crippen LogP contribution in [0.25, 0.3) is 0 Å². The van der Waals surface area contributed by atoms with Gasteiger partial charge in [-0.2, -0.15) is 0 Å². The lowest BCUT2D eigenvalue weighted by atomic mass is 10.1. The van der Waals surface area contributed by atoms with Crippen molar-refractivity contribution >= 4 is 17.7 Å². The first kappa shape index (κ1) is 17.1. The summed E-state index contributed by atoms with van der Waals surface area (Å²) in [6.07, 6.45) is 1.25. The standard InChI is InChI=1S/C16H19N3O3S/c1-11(2)14(23-10-12-6-4-3-5-7-12)15(21)18-19-9-8-13(20)17-16(19)22/h3-9,11,14H,10H2,1-2H3,(H,18,21)(H,17,20,22). The number of hydrogen-bond donors (Lipinski definition) is 2. The minimum atomic E-state index is -0.665. The molecule has 0 spiro atoms. The van der Waals surface area contributed by atoms with Crippen molar-refractivity contribution in [2.45, 2.75) is 24.9 Å². The molecule has 0 fully saturated rings. The average Bonchev–Trinajstić information content (AvgIpc) is 2.51. The molecule has 0 aliphatic heterocycles. The number of H-pyrrole nitrogens is 1. The van der Waals surface area contributed by atoms with Crippen molar-refractivity contribution in [1.82, 2.24) is 9.66 Å². The number of aromatic nitrogens is 2. The SMILES string of the molecule is CC(C)C(SCc1ccccc1)C(=O)Nn1ccc(=O)[nH]c1=O. The highest BCUT2D eigenvalue weighted by Crippen LogP contribution is 2.24. The highest BCUT2D eigenvalue weighted by Gasteiger charge is 2.23. The average molecular weight is 333 g/mol. The number of amides is 1. The van der Waals surface area contributed by atoms with Crippen LogP contribution < -0.4 is 16.7 Å². The van der Waals surface area contributed by atoms with Crippen LogP contribution in [0.4, 0.5) is 0 Å². The predicted molar refractivity (Wildman–Crippen MR) is 92.1 cm³/mol. The molecule has 0 aliphatic rings. The Balaban J connectivity index is 2.06. The first-order valence-corrected chi connectivity index (χ1v) is 8.30. The molecule has 2 N–H and O–H groups in total. The van der Waals surface area contributed by atoms with E-state index in [2.05, 4.69) is 10.4 Å². The van der Waals surface area contributed by atoms with Crippen LogP contribution >= 0.6 is 11.8 Å². The first-order chi connectivity index (χ1) is 11.0. The Hall–Kier alpha value is -2.28. The number of nitrogens with zero attached hydrogens (tertiary/aromatic N) is 1. The molecule has 7 heteroatoms. The Morgan fingerprint density at radius 2 is 1.91 bits per heavy atom. The third-order valence-corrected chi connectivity index (χ3v) is 4.81. The highest BCUT2D eigenvalue weighted by molar-refractivity contribution is 7.99. The van der Waals surface area contributed by atoms with E-state index >= 15 is 0 Å². The van der Waals surface area contributed by atoms with Crippen LogP contribution in [-0.4, -0.2) is 20.8 Å². The molecule has 1 atom stereocenters. The van der Waals surface area contributed by atoms with Crippen molar-refractivity contribution in [3.05, 3.63) is 69.0 Å². The van der Waals surface area contributed by atoms with Crippen molar-refractivity contribution < 1.29 is 4.79 Å². The molecular formula is C16H19N3O3S. The largest absolute Gasteiger partial charge is 0.347 e. The van der Waals surface area contributed by atoms with Crippen molar-refractivity contribution in [3.63, 3.8) is 0 Å². The molecule has 0 aliphatic carbocycles. The minimum Gasteiger partial charge on any atom is -0.273 e. The van der Waals surface area contributed by atoms with Gasteiger partial charge in [-0.15, -0.1) is 11.8 Å². The van der Waals surface area contributed by atoms with E-state index in [1.807, 2.05) is 44.2 Å². The summed E-state index contributed by atoms with van der Waals surface area (Å²) in [5.74, 6) is 0.537. The van der Waals surface area contributed by atoms with Crippen molar-refractivity contribution in [1.29, 1.82) is 0 Å². The summed E-state index contributed by atoms with van der Waals surface area (Å²) in [6.45, 7) is 3.91. The van der Waals surface area contributed by atoms with Gasteiger partial charge in [0, 0.05) is 18.0 Å². The van der Waals surface area contributed by atoms with Gasteiger partial charge in [0.15, 0.2) is 0 Å². The maximum absolute atomic E-state index is 12.4. The lowest BCUT2D eigenvalue weighted by Gasteiger charge is -2.20. The molecule has 23 heavy (non-hydrogen) atoms. The third-order valence-electron chi connectivity index (χ3n) is 3.19. The topological polar surface area (TPSA) is 84.0 Å². The monoisotopic (exact) mass is 333 g/mol. The lowest BCUT2D eigenvalue weighted by Crippen LogP contribution is -2.41. The van der Waals surface area contributed by atoms with Crippen molar-refractivity contribution in [2.75, 3.05) is 5.43 Å². The van der Waals surface area contributed by atoms with E-state index in [0.717, 1.165) is 10.2 Å². The number of nitrogens with one attached hydrogen (secondary N) is 2. The zero-order valence-corrected chi connectivity index (χ0v) is 13.8. The van der Waals surface area contributed by atoms with Crippen molar-refractivity contribution in [2.24, 2.45) is 5.92 Å². The summed E-state index contributed by atoms with van der Waals surface area (Å²) < 4.78 is 0.988. The van der Waals surface area contributed by atoms with Crippen LogP contribution in [-0.2, 0) is 10.5 Å². The molecule has 0 bridgehead atoms. The lowest BCUT2D eigenvalue weighted by molar-refractivity contribution is -0.117. The fourth-order valence-electron chi connectivity index (χ4n) is 2.02. The fraction of sp³-hybridized carbons (Fsp3) is 0.312. The number of aromatic amines is 1. The molecule has 1 amide bonds. The van der Waals surface area contributed by atoms with Gasteiger partial charge < -0.3 is 0 Å². The first-order valence-electron chi connectivity index (χ1n) is 7.26. The second kappa shape index (κ2) is 7.82. The molecule has 0 saturated heterocycles. The Morgan fingerprint density at radius 3 is 2.52 bits per heavy atom. The number of rotatable bonds is 6. The zero-order chi connectivity index (χ0) is 16.8. The summed E-state index contributed by atoms with van der Waals surface area (Å²) in [5.41, 5.74) is 2.50. The van der Waals surface area contributed by atoms with Gasteiger partial charge in [0.2, 0.25) is 0 Å². The van der Waals surface area contributed by atoms with E-state index in [0.29, 0.717) is 5.75 Å². The molecule has 1 unspecified atom stereocenters. The van der Waals surface area contributed by atoms with E-state index in [1.165, 1.54) is 24.0 Å². The summed E-state index contributed by atoms with van der Waals surface area (Å²) in [4.78, 5) is 37.2. The van der Waals surface area contributed by atoms with E-state index in [-0.39, 0.29) is 17.1 Å². The normalized spacial score (nSPS) is 12.1. The number of benzene rings is 1. The summed E-state index contributed by atoms with van der Waals surface area (Å²) in [7, 11) is 0. The Morgan fingerprint density at radius 1 is 1.22 bits per heavy atom. The van der Waals surface area contributed by atoms with Crippen molar-refractivity contribution in [3.8, 4) is 0 Å². The second-order valence-corrected chi connectivity index (χ2v) is 6.55. The van der Waals surface area contributed by atoms with Gasteiger partial charge in [-0.05, 0) is 11.5 Å². The van der Waals surface area contributed by atoms with E-state index in [4.69, 9.17) is 0 Å². The van der Waals surface area contributed by atoms with Crippen LogP contribution in [0.5, 0.6) is 0 Å². The fourth-order valence-corrected chi connectivity index (χ4v) is 3.17. The Labute approximate surface area is 137 Å². The highest BCUT2D eigenvalue weighted by atomic mass is 32.2. The van der Waals surface area contributed by atoms with Gasteiger partial charge in [0.25, 0.3) is 11.5 Å². The molecule has 0 saturated carbocycles. The maximum Gasteiger partial charge on any atom is 0.347 e. The molecule has 6 nitrogen and oxygen atoms in total. The maximum atomic E-state index is 12.4. The van der Waals surface area contributed by atoms with Crippen LogP contribution in [0.1, 0.15) is 19.4 Å². The van der Waals surface area contributed by atoms with Gasteiger partial charge in [-0.3, -0.25) is 20.0 Å². The quantitative estimate of drug-likeness (QED) is 0.840. The zero-order valence-electron chi connectivity index (χ0n) is 13.0. The van der Waals surface area contributed by atoms with E-state index in [1.54, 1.807) is 0 Å². The van der Waals surface area contributed by atoms with Gasteiger partial charge in [-0.25, -0.2) is 9.47 Å². The Kier molecular flexibility index (Phi) is 5.81. The van der Waals surface area contributed by atoms with Crippen LogP contribution in [0.2, 0.25) is 0 Å². The van der Waals surface area contributed by atoms with Gasteiger partial charge in [0.1, 0.15) is 0 Å². The number of hydrogen-bond acceptors (Lipinski definition) is 4.